The van der Waals surface area contributed by atoms with E-state index in [-0.39, 0.29) is 24.8 Å². The zero-order valence-electron chi connectivity index (χ0n) is 20.2. The Labute approximate surface area is 223 Å². The molecule has 32 heavy (non-hydrogen) atoms. The van der Waals surface area contributed by atoms with Gasteiger partial charge in [0.05, 0.1) is 0 Å². The summed E-state index contributed by atoms with van der Waals surface area (Å²) in [7, 11) is 1.86. The standard InChI is InChI=1S/2C8H11.2C6H5.2ClH.H2Si.Ti/c2*1-6-4-5-7(2)8(6)3;2*1-2-4-6-5-3-1;;;;/h2*4H2,1-3H3;2*1-5H;2*1H;1H2;/q4*-1;;;;. The molecule has 0 bridgehead atoms. The molecule has 0 aromatic heterocycles. The van der Waals surface area contributed by atoms with Gasteiger partial charge >= 0.3 is 26.8 Å². The van der Waals surface area contributed by atoms with Gasteiger partial charge in [-0.1, -0.05) is 27.7 Å². The number of halogens is 2. The Morgan fingerprint density at radius 1 is 0.562 bits per heavy atom. The van der Waals surface area contributed by atoms with E-state index >= 15 is 0 Å². The summed E-state index contributed by atoms with van der Waals surface area (Å²) in [5.41, 5.74) is 8.49. The first kappa shape index (κ1) is 35.5. The summed E-state index contributed by atoms with van der Waals surface area (Å²) in [5, 5.41) is 0. The minimum atomic E-state index is 0. The molecule has 2 aromatic carbocycles. The fraction of sp³-hybridized carbons (Fsp3) is 0.286. The largest absolute Gasteiger partial charge is 0.184 e. The first-order valence-corrected chi connectivity index (χ1v) is 14.1. The van der Waals surface area contributed by atoms with Gasteiger partial charge in [-0.15, -0.1) is 51.5 Å². The molecule has 0 fully saturated rings. The third-order valence-corrected chi connectivity index (χ3v) is 4.86. The molecule has 0 saturated carbocycles. The van der Waals surface area contributed by atoms with Crippen LogP contribution in [0.15, 0.2) is 94.1 Å². The van der Waals surface area contributed by atoms with E-state index in [1.54, 1.807) is 0 Å². The van der Waals surface area contributed by atoms with Crippen LogP contribution in [0.1, 0.15) is 54.4 Å². The maximum Gasteiger partial charge on any atom is -0.171 e. The van der Waals surface area contributed by atoms with E-state index in [4.69, 9.17) is 0 Å². The summed E-state index contributed by atoms with van der Waals surface area (Å²) < 4.78 is 0. The van der Waals surface area contributed by atoms with Crippen molar-refractivity contribution in [3.63, 3.8) is 0 Å². The zero-order valence-corrected chi connectivity index (χ0v) is 24.8. The van der Waals surface area contributed by atoms with Crippen molar-refractivity contribution >= 4 is 32.4 Å². The average Bonchev–Trinajstić information content (AvgIpc) is 3.28. The molecule has 0 spiro atoms. The molecule has 0 saturated heterocycles. The van der Waals surface area contributed by atoms with Gasteiger partial charge in [0.25, 0.3) is 0 Å². The molecule has 0 unspecified atom stereocenters. The zero-order chi connectivity index (χ0) is 22.8. The molecule has 0 amide bonds. The van der Waals surface area contributed by atoms with Crippen molar-refractivity contribution in [3.05, 3.63) is 118 Å². The van der Waals surface area contributed by atoms with Crippen LogP contribution < -0.4 is 0 Å². The van der Waals surface area contributed by atoms with Gasteiger partial charge in [-0.3, -0.25) is 12.2 Å². The molecule has 0 aliphatic heterocycles. The number of rotatable bonds is 0. The van der Waals surface area contributed by atoms with E-state index < -0.39 is 0 Å². The van der Waals surface area contributed by atoms with Crippen LogP contribution in [0.5, 0.6) is 0 Å². The van der Waals surface area contributed by atoms with E-state index in [1.807, 2.05) is 87.5 Å². The maximum absolute atomic E-state index is 3.26. The van der Waals surface area contributed by atoms with Gasteiger partial charge in [-0.05, 0) is 0 Å². The quantitative estimate of drug-likeness (QED) is 0.246. The third kappa shape index (κ3) is 16.5. The van der Waals surface area contributed by atoms with E-state index in [1.165, 1.54) is 33.4 Å². The molecule has 0 N–H and O–H groups in total. The molecule has 0 atom stereocenters. The summed E-state index contributed by atoms with van der Waals surface area (Å²) >= 11 is 2.03. The fourth-order valence-electron chi connectivity index (χ4n) is 2.38. The van der Waals surface area contributed by atoms with Crippen LogP contribution in [0.4, 0.5) is 0 Å². The van der Waals surface area contributed by atoms with Crippen molar-refractivity contribution in [1.82, 2.24) is 0 Å². The minimum absolute atomic E-state index is 0. The average molecular weight is 519 g/mol. The van der Waals surface area contributed by atoms with Gasteiger partial charge in [-0.2, -0.15) is 95.1 Å². The molecule has 4 heteroatoms. The molecule has 2 aliphatic carbocycles. The van der Waals surface area contributed by atoms with Crippen molar-refractivity contribution in [2.24, 2.45) is 0 Å². The van der Waals surface area contributed by atoms with Gasteiger partial charge in [0.2, 0.25) is 0 Å². The Balaban J connectivity index is -0.000000337. The molecule has 2 aliphatic rings. The van der Waals surface area contributed by atoms with E-state index in [0.717, 1.165) is 12.8 Å². The third-order valence-electron chi connectivity index (χ3n) is 4.86. The molecular weight excluding hydrogens is 483 g/mol. The topological polar surface area (TPSA) is 0 Å². The fourth-order valence-corrected chi connectivity index (χ4v) is 2.38. The van der Waals surface area contributed by atoms with Gasteiger partial charge in [0, 0.05) is 0 Å². The Bertz CT molecular complexity index is 702. The predicted molar refractivity (Wildman–Crippen MR) is 144 cm³/mol. The van der Waals surface area contributed by atoms with Crippen LogP contribution in [0.3, 0.4) is 0 Å². The van der Waals surface area contributed by atoms with Crippen molar-refractivity contribution < 1.29 is 19.2 Å². The second-order valence-electron chi connectivity index (χ2n) is 6.92. The molecule has 2 aromatic rings. The first-order valence-electron chi connectivity index (χ1n) is 10.1. The Morgan fingerprint density at radius 2 is 0.844 bits per heavy atom. The Morgan fingerprint density at radius 3 is 0.906 bits per heavy atom. The Kier molecular flexibility index (Phi) is 25.6. The predicted octanol–water partition coefficient (Wildman–Crippen LogP) is 7.85. The number of hydrogen-bond donors (Lipinski definition) is 0. The van der Waals surface area contributed by atoms with Gasteiger partial charge < -0.3 is 0 Å². The van der Waals surface area contributed by atoms with Crippen molar-refractivity contribution in [2.45, 2.75) is 54.4 Å². The minimum Gasteiger partial charge on any atom is -0.184 e. The molecule has 174 valence electrons. The SMILES string of the molecule is CC1=[C-]CC(C)=C1C.CC1=[C-]CC(C)=C1C.Cl.Cl.[SiH2]=[Ti].[c-]1ccccc1.[c-]1ccccc1. The molecule has 0 heterocycles. The van der Waals surface area contributed by atoms with E-state index in [2.05, 4.69) is 65.8 Å². The summed E-state index contributed by atoms with van der Waals surface area (Å²) in [6.07, 6.45) is 8.63. The van der Waals surface area contributed by atoms with Crippen LogP contribution in [0, 0.1) is 24.3 Å². The number of allylic oxidation sites excluding steroid dienone is 8. The summed E-state index contributed by atoms with van der Waals surface area (Å²) in [6.45, 7) is 12.9. The summed E-state index contributed by atoms with van der Waals surface area (Å²) in [5.74, 6) is 0. The van der Waals surface area contributed by atoms with E-state index in [0.29, 0.717) is 0 Å². The van der Waals surface area contributed by atoms with Crippen molar-refractivity contribution in [3.8, 4) is 0 Å². The van der Waals surface area contributed by atoms with Crippen LogP contribution in [0.25, 0.3) is 0 Å². The second kappa shape index (κ2) is 23.1. The normalized spacial score (nSPS) is 12.9. The molecule has 0 radical (unpaired) electrons. The van der Waals surface area contributed by atoms with Crippen LogP contribution in [-0.2, 0) is 19.2 Å². The van der Waals surface area contributed by atoms with Crippen LogP contribution in [-0.4, -0.2) is 7.63 Å². The van der Waals surface area contributed by atoms with Crippen molar-refractivity contribution in [1.29, 1.82) is 0 Å². The first-order chi connectivity index (χ1) is 14.4. The van der Waals surface area contributed by atoms with Gasteiger partial charge in [0.15, 0.2) is 0 Å². The second-order valence-corrected chi connectivity index (χ2v) is 6.92. The maximum atomic E-state index is 3.26. The number of hydrogen-bond acceptors (Lipinski definition) is 0. The summed E-state index contributed by atoms with van der Waals surface area (Å²) in [6, 6.07) is 25.0. The number of benzene rings is 2. The smallest absolute Gasteiger partial charge is 0.171 e. The molecule has 4 rings (SSSR count). The summed E-state index contributed by atoms with van der Waals surface area (Å²) in [4.78, 5) is 0. The molecule has 0 nitrogen and oxygen atoms in total. The Hall–Kier alpha value is -1.09. The van der Waals surface area contributed by atoms with Gasteiger partial charge in [-0.25, -0.2) is 11.1 Å². The monoisotopic (exact) mass is 518 g/mol. The van der Waals surface area contributed by atoms with Gasteiger partial charge in [0.1, 0.15) is 0 Å². The molecular formula is C28H36Cl2SiTi-4. The van der Waals surface area contributed by atoms with Crippen molar-refractivity contribution in [2.75, 3.05) is 0 Å². The van der Waals surface area contributed by atoms with Crippen LogP contribution in [0.2, 0.25) is 0 Å². The van der Waals surface area contributed by atoms with E-state index in [9.17, 15) is 0 Å². The van der Waals surface area contributed by atoms with Crippen LogP contribution >= 0.6 is 24.8 Å².